The number of methoxy groups -OCH3 is 1. The molecule has 2 aliphatic heterocycles. The van der Waals surface area contributed by atoms with Crippen LogP contribution in [0.1, 0.15) is 47.6 Å². The zero-order valence-electron chi connectivity index (χ0n) is 17.5. The van der Waals surface area contributed by atoms with Crippen LogP contribution in [0.3, 0.4) is 0 Å². The van der Waals surface area contributed by atoms with Gasteiger partial charge in [0, 0.05) is 36.3 Å². The molecule has 0 aliphatic carbocycles. The van der Waals surface area contributed by atoms with E-state index >= 15 is 0 Å². The molecular weight excluding hydrogens is 378 g/mol. The van der Waals surface area contributed by atoms with Gasteiger partial charge < -0.3 is 15.0 Å². The fraction of sp³-hybridized carbons (Fsp3) is 0.417. The maximum atomic E-state index is 12.9. The lowest BCUT2D eigenvalue weighted by Gasteiger charge is -2.29. The van der Waals surface area contributed by atoms with Gasteiger partial charge in [0.25, 0.3) is 5.91 Å². The van der Waals surface area contributed by atoms with E-state index in [4.69, 9.17) is 4.74 Å². The first-order valence-electron chi connectivity index (χ1n) is 10.7. The zero-order valence-corrected chi connectivity index (χ0v) is 17.5. The van der Waals surface area contributed by atoms with E-state index in [0.717, 1.165) is 43.1 Å². The minimum absolute atomic E-state index is 0.0657. The van der Waals surface area contributed by atoms with Gasteiger partial charge in [0.1, 0.15) is 5.75 Å². The summed E-state index contributed by atoms with van der Waals surface area (Å²) in [6.45, 7) is 3.26. The molecule has 2 aromatic rings. The number of amides is 2. The van der Waals surface area contributed by atoms with Crippen molar-refractivity contribution in [1.29, 1.82) is 0 Å². The van der Waals surface area contributed by atoms with Crippen LogP contribution in [-0.2, 0) is 4.79 Å². The Labute approximate surface area is 177 Å². The molecule has 6 nitrogen and oxygen atoms in total. The fourth-order valence-corrected chi connectivity index (χ4v) is 4.46. The summed E-state index contributed by atoms with van der Waals surface area (Å²) < 4.78 is 5.58. The van der Waals surface area contributed by atoms with Gasteiger partial charge in [-0.05, 0) is 56.6 Å². The monoisotopic (exact) mass is 407 g/mol. The van der Waals surface area contributed by atoms with Gasteiger partial charge in [-0.1, -0.05) is 24.3 Å². The third-order valence-corrected chi connectivity index (χ3v) is 6.03. The summed E-state index contributed by atoms with van der Waals surface area (Å²) in [5.74, 6) is 0.846. The van der Waals surface area contributed by atoms with Gasteiger partial charge >= 0.3 is 0 Å². The van der Waals surface area contributed by atoms with E-state index in [1.807, 2.05) is 36.4 Å². The van der Waals surface area contributed by atoms with Crippen LogP contribution in [0.15, 0.2) is 48.5 Å². The van der Waals surface area contributed by atoms with Crippen LogP contribution in [0.5, 0.6) is 5.75 Å². The van der Waals surface area contributed by atoms with Crippen LogP contribution < -0.4 is 15.0 Å². The summed E-state index contributed by atoms with van der Waals surface area (Å²) in [5, 5.41) is 3.12. The van der Waals surface area contributed by atoms with Crippen molar-refractivity contribution in [3.63, 3.8) is 0 Å². The van der Waals surface area contributed by atoms with Crippen molar-refractivity contribution >= 4 is 17.5 Å². The number of anilines is 1. The highest BCUT2D eigenvalue weighted by molar-refractivity contribution is 5.99. The predicted octanol–water partition coefficient (Wildman–Crippen LogP) is 3.39. The molecule has 2 aliphatic rings. The minimum atomic E-state index is -0.123. The van der Waals surface area contributed by atoms with Crippen molar-refractivity contribution in [2.75, 3.05) is 38.2 Å². The average molecular weight is 408 g/mol. The normalized spacial score (nSPS) is 17.9. The first-order valence-corrected chi connectivity index (χ1v) is 10.7. The van der Waals surface area contributed by atoms with Gasteiger partial charge in [-0.2, -0.15) is 0 Å². The van der Waals surface area contributed by atoms with Crippen molar-refractivity contribution < 1.29 is 14.3 Å². The SMILES string of the molecule is COc1ccccc1C(CNC(=O)c1cccc(N2CCCC2=O)c1)N1CCCC1. The fourth-order valence-electron chi connectivity index (χ4n) is 4.46. The summed E-state index contributed by atoms with van der Waals surface area (Å²) in [4.78, 5) is 29.2. The molecule has 0 spiro atoms. The van der Waals surface area contributed by atoms with Crippen LogP contribution in [0.25, 0.3) is 0 Å². The Hall–Kier alpha value is -2.86. The van der Waals surface area contributed by atoms with Gasteiger partial charge in [0.15, 0.2) is 0 Å². The lowest BCUT2D eigenvalue weighted by atomic mass is 10.0. The van der Waals surface area contributed by atoms with E-state index in [1.165, 1.54) is 12.8 Å². The summed E-state index contributed by atoms with van der Waals surface area (Å²) in [6.07, 6.45) is 3.79. The number of rotatable bonds is 7. The molecule has 2 amide bonds. The average Bonchev–Trinajstić information content (AvgIpc) is 3.46. The zero-order chi connectivity index (χ0) is 20.9. The summed E-state index contributed by atoms with van der Waals surface area (Å²) in [6, 6.07) is 15.4. The maximum Gasteiger partial charge on any atom is 0.251 e. The van der Waals surface area contributed by atoms with E-state index in [0.29, 0.717) is 18.5 Å². The van der Waals surface area contributed by atoms with Crippen molar-refractivity contribution in [1.82, 2.24) is 10.2 Å². The predicted molar refractivity (Wildman–Crippen MR) is 117 cm³/mol. The molecule has 2 saturated heterocycles. The van der Waals surface area contributed by atoms with E-state index in [-0.39, 0.29) is 17.9 Å². The molecule has 158 valence electrons. The molecule has 0 aromatic heterocycles. The number of nitrogens with one attached hydrogen (secondary N) is 1. The quantitative estimate of drug-likeness (QED) is 0.764. The number of nitrogens with zero attached hydrogens (tertiary/aromatic N) is 2. The van der Waals surface area contributed by atoms with Gasteiger partial charge in [-0.15, -0.1) is 0 Å². The van der Waals surface area contributed by atoms with E-state index < -0.39 is 0 Å². The Balaban J connectivity index is 1.50. The van der Waals surface area contributed by atoms with Crippen molar-refractivity contribution in [3.05, 3.63) is 59.7 Å². The van der Waals surface area contributed by atoms with Crippen molar-refractivity contribution in [2.45, 2.75) is 31.7 Å². The van der Waals surface area contributed by atoms with Gasteiger partial charge in [0.2, 0.25) is 5.91 Å². The Morgan fingerprint density at radius 2 is 1.87 bits per heavy atom. The number of hydrogen-bond donors (Lipinski definition) is 1. The Bertz CT molecular complexity index is 908. The van der Waals surface area contributed by atoms with Crippen LogP contribution >= 0.6 is 0 Å². The topological polar surface area (TPSA) is 61.9 Å². The molecule has 0 saturated carbocycles. The largest absolute Gasteiger partial charge is 0.496 e. The van der Waals surface area contributed by atoms with Gasteiger partial charge in [0.05, 0.1) is 13.2 Å². The minimum Gasteiger partial charge on any atom is -0.496 e. The maximum absolute atomic E-state index is 12.9. The van der Waals surface area contributed by atoms with Crippen molar-refractivity contribution in [3.8, 4) is 5.75 Å². The molecule has 2 aromatic carbocycles. The molecule has 1 unspecified atom stereocenters. The summed E-state index contributed by atoms with van der Waals surface area (Å²) in [5.41, 5.74) is 2.47. The third-order valence-electron chi connectivity index (χ3n) is 6.03. The second kappa shape index (κ2) is 9.30. The van der Waals surface area contributed by atoms with E-state index in [2.05, 4.69) is 16.3 Å². The number of carbonyl (C=O) groups excluding carboxylic acids is 2. The number of hydrogen-bond acceptors (Lipinski definition) is 4. The number of para-hydroxylation sites is 1. The highest BCUT2D eigenvalue weighted by Gasteiger charge is 2.27. The summed E-state index contributed by atoms with van der Waals surface area (Å²) >= 11 is 0. The van der Waals surface area contributed by atoms with Crippen LogP contribution in [-0.4, -0.2) is 50.0 Å². The van der Waals surface area contributed by atoms with Crippen LogP contribution in [0.2, 0.25) is 0 Å². The van der Waals surface area contributed by atoms with E-state index in [9.17, 15) is 9.59 Å². The Morgan fingerprint density at radius 1 is 1.07 bits per heavy atom. The first kappa shape index (κ1) is 20.4. The lowest BCUT2D eigenvalue weighted by molar-refractivity contribution is -0.117. The highest BCUT2D eigenvalue weighted by atomic mass is 16.5. The first-order chi connectivity index (χ1) is 14.7. The van der Waals surface area contributed by atoms with E-state index in [1.54, 1.807) is 18.1 Å². The number of ether oxygens (including phenoxy) is 1. The highest BCUT2D eigenvalue weighted by Crippen LogP contribution is 2.31. The Morgan fingerprint density at radius 3 is 2.60 bits per heavy atom. The molecule has 0 bridgehead atoms. The smallest absolute Gasteiger partial charge is 0.251 e. The van der Waals surface area contributed by atoms with Crippen LogP contribution in [0, 0.1) is 0 Å². The lowest BCUT2D eigenvalue weighted by Crippen LogP contribution is -2.37. The molecular formula is C24H29N3O3. The molecule has 1 atom stereocenters. The standard InChI is InChI=1S/C24H29N3O3/c1-30-22-11-3-2-10-20(22)21(26-13-4-5-14-26)17-25-24(29)18-8-6-9-19(16-18)27-15-7-12-23(27)28/h2-3,6,8-11,16,21H,4-5,7,12-15,17H2,1H3,(H,25,29). The number of carbonyl (C=O) groups is 2. The second-order valence-corrected chi connectivity index (χ2v) is 7.91. The second-order valence-electron chi connectivity index (χ2n) is 7.91. The summed E-state index contributed by atoms with van der Waals surface area (Å²) in [7, 11) is 1.68. The molecule has 2 fully saturated rings. The van der Waals surface area contributed by atoms with Crippen molar-refractivity contribution in [2.24, 2.45) is 0 Å². The molecule has 0 radical (unpaired) electrons. The molecule has 1 N–H and O–H groups in total. The van der Waals surface area contributed by atoms with Gasteiger partial charge in [-0.3, -0.25) is 14.5 Å². The number of benzene rings is 2. The molecule has 4 rings (SSSR count). The van der Waals surface area contributed by atoms with Crippen LogP contribution in [0.4, 0.5) is 5.69 Å². The molecule has 30 heavy (non-hydrogen) atoms. The Kier molecular flexibility index (Phi) is 6.33. The number of likely N-dealkylation sites (tertiary alicyclic amines) is 1. The third kappa shape index (κ3) is 4.33. The van der Waals surface area contributed by atoms with Gasteiger partial charge in [-0.25, -0.2) is 0 Å². The molecule has 2 heterocycles. The molecule has 6 heteroatoms.